The first-order valence-corrected chi connectivity index (χ1v) is 10.1. The van der Waals surface area contributed by atoms with E-state index < -0.39 is 21.8 Å². The van der Waals surface area contributed by atoms with Crippen LogP contribution in [0.3, 0.4) is 0 Å². The normalized spacial score (nSPS) is 18.1. The second-order valence-electron chi connectivity index (χ2n) is 5.86. The van der Waals surface area contributed by atoms with Crippen LogP contribution < -0.4 is 4.90 Å². The lowest BCUT2D eigenvalue weighted by Gasteiger charge is -2.28. The van der Waals surface area contributed by atoms with Crippen LogP contribution >= 0.6 is 0 Å². The van der Waals surface area contributed by atoms with Gasteiger partial charge in [0.05, 0.1) is 24.0 Å². The number of ether oxygens (including phenoxy) is 1. The highest BCUT2D eigenvalue weighted by molar-refractivity contribution is 7.94. The molecule has 2 rings (SSSR count). The van der Waals surface area contributed by atoms with Crippen molar-refractivity contribution in [2.75, 3.05) is 17.3 Å². The SMILES string of the molecule is CCCCC(=O)N(c1ccc(C(=O)OCC)cc1)C1C=CS(=O)(=O)C1. The van der Waals surface area contributed by atoms with Crippen LogP contribution in [0.15, 0.2) is 35.7 Å². The molecule has 7 heteroatoms. The van der Waals surface area contributed by atoms with E-state index in [2.05, 4.69) is 0 Å². The summed E-state index contributed by atoms with van der Waals surface area (Å²) in [4.78, 5) is 25.9. The minimum Gasteiger partial charge on any atom is -0.462 e. The lowest BCUT2D eigenvalue weighted by molar-refractivity contribution is -0.118. The van der Waals surface area contributed by atoms with Crippen molar-refractivity contribution in [1.29, 1.82) is 0 Å². The van der Waals surface area contributed by atoms with E-state index in [1.54, 1.807) is 37.3 Å². The van der Waals surface area contributed by atoms with Crippen LogP contribution in [0, 0.1) is 0 Å². The van der Waals surface area contributed by atoms with E-state index in [9.17, 15) is 18.0 Å². The zero-order valence-corrected chi connectivity index (χ0v) is 15.3. The molecule has 1 aromatic rings. The highest BCUT2D eigenvalue weighted by Gasteiger charge is 2.31. The van der Waals surface area contributed by atoms with Crippen molar-refractivity contribution in [1.82, 2.24) is 0 Å². The van der Waals surface area contributed by atoms with E-state index in [0.29, 0.717) is 17.7 Å². The number of amides is 1. The van der Waals surface area contributed by atoms with Crippen molar-refractivity contribution in [3.05, 3.63) is 41.3 Å². The lowest BCUT2D eigenvalue weighted by Crippen LogP contribution is -2.41. The van der Waals surface area contributed by atoms with Crippen molar-refractivity contribution in [2.45, 2.75) is 39.2 Å². The molecule has 0 aliphatic carbocycles. The number of anilines is 1. The van der Waals surface area contributed by atoms with Gasteiger partial charge < -0.3 is 9.64 Å². The molecule has 0 saturated heterocycles. The second-order valence-corrected chi connectivity index (χ2v) is 7.79. The second kappa shape index (κ2) is 8.29. The maximum Gasteiger partial charge on any atom is 0.338 e. The first-order chi connectivity index (χ1) is 11.9. The van der Waals surface area contributed by atoms with Gasteiger partial charge in [-0.2, -0.15) is 0 Å². The van der Waals surface area contributed by atoms with Crippen LogP contribution in [-0.2, 0) is 19.4 Å². The van der Waals surface area contributed by atoms with Crippen LogP contribution in [0.5, 0.6) is 0 Å². The summed E-state index contributed by atoms with van der Waals surface area (Å²) in [5, 5.41) is 1.16. The zero-order chi connectivity index (χ0) is 18.4. The summed E-state index contributed by atoms with van der Waals surface area (Å²) in [7, 11) is -3.28. The van der Waals surface area contributed by atoms with Gasteiger partial charge in [-0.15, -0.1) is 0 Å². The Morgan fingerprint density at radius 2 is 1.88 bits per heavy atom. The van der Waals surface area contributed by atoms with E-state index in [0.717, 1.165) is 18.2 Å². The van der Waals surface area contributed by atoms with Crippen LogP contribution in [-0.4, -0.2) is 38.7 Å². The minimum absolute atomic E-state index is 0.121. The number of hydrogen-bond donors (Lipinski definition) is 0. The summed E-state index contributed by atoms with van der Waals surface area (Å²) in [6.07, 6.45) is 3.50. The highest BCUT2D eigenvalue weighted by atomic mass is 32.2. The zero-order valence-electron chi connectivity index (χ0n) is 14.5. The highest BCUT2D eigenvalue weighted by Crippen LogP contribution is 2.25. The molecule has 1 aliphatic rings. The average Bonchev–Trinajstić information content (AvgIpc) is 2.93. The first kappa shape index (κ1) is 19.2. The van der Waals surface area contributed by atoms with Gasteiger partial charge in [-0.05, 0) is 43.7 Å². The van der Waals surface area contributed by atoms with Crippen molar-refractivity contribution < 1.29 is 22.7 Å². The molecule has 1 amide bonds. The molecule has 1 aromatic carbocycles. The van der Waals surface area contributed by atoms with Crippen LogP contribution in [0.1, 0.15) is 43.5 Å². The first-order valence-electron chi connectivity index (χ1n) is 8.38. The molecule has 136 valence electrons. The Balaban J connectivity index is 2.27. The predicted octanol–water partition coefficient (Wildman–Crippen LogP) is 2.70. The Morgan fingerprint density at radius 1 is 1.20 bits per heavy atom. The molecule has 6 nitrogen and oxygen atoms in total. The van der Waals surface area contributed by atoms with Crippen molar-refractivity contribution >= 4 is 27.4 Å². The van der Waals surface area contributed by atoms with Gasteiger partial charge in [0.2, 0.25) is 5.91 Å². The molecule has 25 heavy (non-hydrogen) atoms. The number of nitrogens with zero attached hydrogens (tertiary/aromatic N) is 1. The molecular weight excluding hydrogens is 342 g/mol. The van der Waals surface area contributed by atoms with E-state index in [-0.39, 0.29) is 18.3 Å². The Labute approximate surface area is 148 Å². The Kier molecular flexibility index (Phi) is 6.36. The number of rotatable bonds is 7. The molecule has 0 spiro atoms. The monoisotopic (exact) mass is 365 g/mol. The van der Waals surface area contributed by atoms with Crippen LogP contribution in [0.4, 0.5) is 5.69 Å². The fraction of sp³-hybridized carbons (Fsp3) is 0.444. The number of sulfone groups is 1. The Morgan fingerprint density at radius 3 is 2.40 bits per heavy atom. The van der Waals surface area contributed by atoms with Crippen molar-refractivity contribution in [3.8, 4) is 0 Å². The number of benzene rings is 1. The van der Waals surface area contributed by atoms with E-state index in [1.165, 1.54) is 4.90 Å². The molecule has 1 heterocycles. The van der Waals surface area contributed by atoms with Crippen molar-refractivity contribution in [3.63, 3.8) is 0 Å². The van der Waals surface area contributed by atoms with E-state index >= 15 is 0 Å². The van der Waals surface area contributed by atoms with Crippen molar-refractivity contribution in [2.24, 2.45) is 0 Å². The van der Waals surface area contributed by atoms with Gasteiger partial charge >= 0.3 is 5.97 Å². The van der Waals surface area contributed by atoms with Gasteiger partial charge in [-0.1, -0.05) is 13.3 Å². The molecule has 1 aliphatic heterocycles. The molecule has 0 aromatic heterocycles. The summed E-state index contributed by atoms with van der Waals surface area (Å²) in [5.74, 6) is -0.677. The number of unbranched alkanes of at least 4 members (excludes halogenated alkanes) is 1. The van der Waals surface area contributed by atoms with Gasteiger partial charge in [0.1, 0.15) is 0 Å². The third-order valence-electron chi connectivity index (χ3n) is 3.91. The van der Waals surface area contributed by atoms with Gasteiger partial charge in [0, 0.05) is 17.5 Å². The molecule has 0 fully saturated rings. The third kappa shape index (κ3) is 4.92. The van der Waals surface area contributed by atoms with Gasteiger partial charge in [-0.25, -0.2) is 13.2 Å². The largest absolute Gasteiger partial charge is 0.462 e. The van der Waals surface area contributed by atoms with Crippen LogP contribution in [0.2, 0.25) is 0 Å². The predicted molar refractivity (Wildman–Crippen MR) is 96.1 cm³/mol. The molecule has 0 saturated carbocycles. The maximum atomic E-state index is 12.6. The average molecular weight is 365 g/mol. The van der Waals surface area contributed by atoms with Gasteiger partial charge in [0.25, 0.3) is 0 Å². The minimum atomic E-state index is -3.28. The number of hydrogen-bond acceptors (Lipinski definition) is 5. The maximum absolute atomic E-state index is 12.6. The fourth-order valence-corrected chi connectivity index (χ4v) is 3.93. The number of carbonyl (C=O) groups excluding carboxylic acids is 2. The summed E-state index contributed by atoms with van der Waals surface area (Å²) >= 11 is 0. The standard InChI is InChI=1S/C18H23NO5S/c1-3-5-6-17(20)19(16-11-12-25(22,23)13-16)15-9-7-14(8-10-15)18(21)24-4-2/h7-12,16H,3-6,13H2,1-2H3. The third-order valence-corrected chi connectivity index (χ3v) is 5.29. The molecule has 0 radical (unpaired) electrons. The van der Waals surface area contributed by atoms with Crippen LogP contribution in [0.25, 0.3) is 0 Å². The number of esters is 1. The smallest absolute Gasteiger partial charge is 0.338 e. The Bertz CT molecular complexity index is 752. The number of carbonyl (C=O) groups is 2. The summed E-state index contributed by atoms with van der Waals surface area (Å²) < 4.78 is 28.4. The molecule has 1 atom stereocenters. The van der Waals surface area contributed by atoms with E-state index in [4.69, 9.17) is 4.74 Å². The molecule has 0 bridgehead atoms. The van der Waals surface area contributed by atoms with Gasteiger partial charge in [-0.3, -0.25) is 4.79 Å². The Hall–Kier alpha value is -2.15. The van der Waals surface area contributed by atoms with E-state index in [1.807, 2.05) is 6.92 Å². The quantitative estimate of drug-likeness (QED) is 0.694. The topological polar surface area (TPSA) is 80.8 Å². The molecule has 0 N–H and O–H groups in total. The lowest BCUT2D eigenvalue weighted by atomic mass is 10.1. The molecule has 1 unspecified atom stereocenters. The fourth-order valence-electron chi connectivity index (χ4n) is 2.66. The van der Waals surface area contributed by atoms with Gasteiger partial charge in [0.15, 0.2) is 9.84 Å². The molecular formula is C18H23NO5S. The summed E-state index contributed by atoms with van der Waals surface area (Å²) in [6, 6.07) is 5.94. The summed E-state index contributed by atoms with van der Waals surface area (Å²) in [6.45, 7) is 4.01. The summed E-state index contributed by atoms with van der Waals surface area (Å²) in [5.41, 5.74) is 0.960.